The van der Waals surface area contributed by atoms with Crippen molar-refractivity contribution in [2.45, 2.75) is 63.5 Å². The Hall–Kier alpha value is -1.13. The van der Waals surface area contributed by atoms with Gasteiger partial charge < -0.3 is 5.32 Å². The predicted molar refractivity (Wildman–Crippen MR) is 95.0 cm³/mol. The number of carbonyl (C=O) groups is 1. The number of nitrogens with one attached hydrogen (secondary N) is 1. The number of benzene rings is 1. The monoisotopic (exact) mass is 352 g/mol. The van der Waals surface area contributed by atoms with Gasteiger partial charge in [0.1, 0.15) is 5.82 Å². The molecule has 0 spiro atoms. The van der Waals surface area contributed by atoms with Crippen LogP contribution in [-0.2, 0) is 0 Å². The highest BCUT2D eigenvalue weighted by Crippen LogP contribution is 2.25. The third-order valence-electron chi connectivity index (χ3n) is 5.30. The van der Waals surface area contributed by atoms with Crippen LogP contribution in [0.15, 0.2) is 18.2 Å². The van der Waals surface area contributed by atoms with E-state index in [0.29, 0.717) is 11.1 Å². The maximum atomic E-state index is 13.9. The number of nitrogens with zero attached hydrogens (tertiary/aromatic N) is 1. The molecule has 3 nitrogen and oxygen atoms in total. The second-order valence-corrected chi connectivity index (χ2v) is 7.51. The van der Waals surface area contributed by atoms with Crippen LogP contribution in [-0.4, -0.2) is 36.0 Å². The molecule has 0 unspecified atom stereocenters. The Labute approximate surface area is 148 Å². The first-order chi connectivity index (χ1) is 11.6. The van der Waals surface area contributed by atoms with Gasteiger partial charge >= 0.3 is 0 Å². The summed E-state index contributed by atoms with van der Waals surface area (Å²) in [5, 5.41) is 3.39. The topological polar surface area (TPSA) is 32.3 Å². The smallest absolute Gasteiger partial charge is 0.254 e. The molecule has 2 fully saturated rings. The van der Waals surface area contributed by atoms with Crippen LogP contribution in [0.5, 0.6) is 0 Å². The number of carbonyl (C=O) groups excluding carboxylic acids is 1. The third kappa shape index (κ3) is 4.48. The van der Waals surface area contributed by atoms with Crippen molar-refractivity contribution in [1.29, 1.82) is 0 Å². The van der Waals surface area contributed by atoms with E-state index in [0.717, 1.165) is 25.9 Å². The van der Waals surface area contributed by atoms with Crippen molar-refractivity contribution < 1.29 is 9.18 Å². The molecule has 1 aromatic carbocycles. The van der Waals surface area contributed by atoms with Gasteiger partial charge in [-0.25, -0.2) is 4.39 Å². The Bertz CT molecular complexity index is 572. The summed E-state index contributed by atoms with van der Waals surface area (Å²) >= 11 is 5.89. The maximum absolute atomic E-state index is 13.9. The zero-order valence-electron chi connectivity index (χ0n) is 14.1. The van der Waals surface area contributed by atoms with Gasteiger partial charge in [0.2, 0.25) is 0 Å². The van der Waals surface area contributed by atoms with Crippen molar-refractivity contribution >= 4 is 17.5 Å². The molecule has 132 valence electrons. The highest BCUT2D eigenvalue weighted by atomic mass is 35.5. The van der Waals surface area contributed by atoms with E-state index < -0.39 is 5.82 Å². The van der Waals surface area contributed by atoms with Gasteiger partial charge in [-0.05, 0) is 50.4 Å². The second kappa shape index (κ2) is 8.30. The van der Waals surface area contributed by atoms with Crippen molar-refractivity contribution in [2.75, 3.05) is 13.1 Å². The average Bonchev–Trinajstić information content (AvgIpc) is 2.86. The van der Waals surface area contributed by atoms with Gasteiger partial charge in [0.05, 0.1) is 5.56 Å². The first kappa shape index (κ1) is 17.7. The number of rotatable bonds is 3. The van der Waals surface area contributed by atoms with E-state index >= 15 is 0 Å². The SMILES string of the molecule is O=C(N[C@H]1CCCN(C2CCCCCC2)C1)c1cc(Cl)ccc1F. The Kier molecular flexibility index (Phi) is 6.12. The van der Waals surface area contributed by atoms with E-state index in [4.69, 9.17) is 11.6 Å². The lowest BCUT2D eigenvalue weighted by Crippen LogP contribution is -2.51. The van der Waals surface area contributed by atoms with Gasteiger partial charge in [0.25, 0.3) is 5.91 Å². The summed E-state index contributed by atoms with van der Waals surface area (Å²) in [6, 6.07) is 4.85. The Morgan fingerprint density at radius 3 is 2.62 bits per heavy atom. The fourth-order valence-corrected chi connectivity index (χ4v) is 4.19. The molecule has 1 aliphatic carbocycles. The highest BCUT2D eigenvalue weighted by molar-refractivity contribution is 6.31. The zero-order valence-corrected chi connectivity index (χ0v) is 14.8. The summed E-state index contributed by atoms with van der Waals surface area (Å²) in [7, 11) is 0. The molecular weight excluding hydrogens is 327 g/mol. The van der Waals surface area contributed by atoms with Crippen molar-refractivity contribution in [3.05, 3.63) is 34.6 Å². The van der Waals surface area contributed by atoms with E-state index in [-0.39, 0.29) is 17.5 Å². The average molecular weight is 353 g/mol. The zero-order chi connectivity index (χ0) is 16.9. The standard InChI is InChI=1S/C19H26ClFN2O/c20-14-9-10-18(21)17(12-14)19(24)22-15-6-5-11-23(13-15)16-7-3-1-2-4-8-16/h9-10,12,15-16H,1-8,11,13H2,(H,22,24)/t15-/m0/s1. The maximum Gasteiger partial charge on any atom is 0.254 e. The molecule has 3 rings (SSSR count). The van der Waals surface area contributed by atoms with Crippen molar-refractivity contribution in [1.82, 2.24) is 10.2 Å². The molecule has 1 aliphatic heterocycles. The number of amides is 1. The number of halogens is 2. The van der Waals surface area contributed by atoms with E-state index in [9.17, 15) is 9.18 Å². The Morgan fingerprint density at radius 1 is 1.12 bits per heavy atom. The molecule has 1 atom stereocenters. The highest BCUT2D eigenvalue weighted by Gasteiger charge is 2.27. The molecule has 0 aromatic heterocycles. The lowest BCUT2D eigenvalue weighted by atomic mass is 9.99. The van der Waals surface area contributed by atoms with Gasteiger partial charge in [-0.1, -0.05) is 37.3 Å². The fraction of sp³-hybridized carbons (Fsp3) is 0.632. The molecular formula is C19H26ClFN2O. The van der Waals surface area contributed by atoms with Crippen LogP contribution in [0.1, 0.15) is 61.7 Å². The summed E-state index contributed by atoms with van der Waals surface area (Å²) in [6.45, 7) is 1.99. The van der Waals surface area contributed by atoms with E-state index in [1.807, 2.05) is 0 Å². The first-order valence-corrected chi connectivity index (χ1v) is 9.51. The molecule has 1 aromatic rings. The minimum atomic E-state index is -0.520. The number of piperidine rings is 1. The largest absolute Gasteiger partial charge is 0.348 e. The predicted octanol–water partition coefficient (Wildman–Crippen LogP) is 4.40. The molecule has 5 heteroatoms. The van der Waals surface area contributed by atoms with Crippen molar-refractivity contribution in [3.8, 4) is 0 Å². The lowest BCUT2D eigenvalue weighted by molar-refractivity contribution is 0.0857. The summed E-state index contributed by atoms with van der Waals surface area (Å²) in [5.74, 6) is -0.879. The minimum absolute atomic E-state index is 0.0362. The van der Waals surface area contributed by atoms with Crippen LogP contribution in [0.4, 0.5) is 4.39 Å². The molecule has 1 heterocycles. The summed E-state index contributed by atoms with van der Waals surface area (Å²) in [4.78, 5) is 14.9. The van der Waals surface area contributed by atoms with Gasteiger partial charge in [0.15, 0.2) is 0 Å². The summed E-state index contributed by atoms with van der Waals surface area (Å²) in [6.07, 6.45) is 9.89. The van der Waals surface area contributed by atoms with Crippen molar-refractivity contribution in [3.63, 3.8) is 0 Å². The molecule has 1 saturated carbocycles. The van der Waals surface area contributed by atoms with Crippen LogP contribution in [0.25, 0.3) is 0 Å². The van der Waals surface area contributed by atoms with E-state index in [1.165, 1.54) is 56.7 Å². The van der Waals surface area contributed by atoms with Crippen LogP contribution in [0.2, 0.25) is 5.02 Å². The third-order valence-corrected chi connectivity index (χ3v) is 5.54. The molecule has 1 amide bonds. The normalized spacial score (nSPS) is 23.7. The minimum Gasteiger partial charge on any atom is -0.348 e. The molecule has 0 bridgehead atoms. The molecule has 1 saturated heterocycles. The van der Waals surface area contributed by atoms with Gasteiger partial charge in [-0.15, -0.1) is 0 Å². The van der Waals surface area contributed by atoms with Crippen LogP contribution < -0.4 is 5.32 Å². The van der Waals surface area contributed by atoms with Gasteiger partial charge in [-0.3, -0.25) is 9.69 Å². The van der Waals surface area contributed by atoms with Gasteiger partial charge in [0, 0.05) is 23.7 Å². The van der Waals surface area contributed by atoms with Crippen LogP contribution in [0.3, 0.4) is 0 Å². The van der Waals surface area contributed by atoms with Gasteiger partial charge in [-0.2, -0.15) is 0 Å². The number of hydrogen-bond acceptors (Lipinski definition) is 2. The van der Waals surface area contributed by atoms with Crippen LogP contribution >= 0.6 is 11.6 Å². The first-order valence-electron chi connectivity index (χ1n) is 9.13. The second-order valence-electron chi connectivity index (χ2n) is 7.08. The quantitative estimate of drug-likeness (QED) is 0.818. The number of likely N-dealkylation sites (tertiary alicyclic amines) is 1. The molecule has 24 heavy (non-hydrogen) atoms. The molecule has 2 aliphatic rings. The number of hydrogen-bond donors (Lipinski definition) is 1. The van der Waals surface area contributed by atoms with E-state index in [2.05, 4.69) is 10.2 Å². The summed E-state index contributed by atoms with van der Waals surface area (Å²) in [5.41, 5.74) is 0.0362. The lowest BCUT2D eigenvalue weighted by Gasteiger charge is -2.38. The molecule has 1 N–H and O–H groups in total. The van der Waals surface area contributed by atoms with Crippen LogP contribution in [0, 0.1) is 5.82 Å². The van der Waals surface area contributed by atoms with E-state index in [1.54, 1.807) is 0 Å². The fourth-order valence-electron chi connectivity index (χ4n) is 4.01. The Balaban J connectivity index is 1.60. The Morgan fingerprint density at radius 2 is 1.88 bits per heavy atom. The summed E-state index contributed by atoms with van der Waals surface area (Å²) < 4.78 is 13.9. The molecule has 0 radical (unpaired) electrons. The van der Waals surface area contributed by atoms with Crippen molar-refractivity contribution in [2.24, 2.45) is 0 Å².